The SMILES string of the molecule is CC1(C)SC2C(N3C(=O)C(C4=CCC=CC4)NC3(C)C)C(=O)N2C1C(=O)O. The van der Waals surface area contributed by atoms with Crippen molar-refractivity contribution in [3.05, 3.63) is 23.8 Å². The zero-order valence-electron chi connectivity index (χ0n) is 15.9. The van der Waals surface area contributed by atoms with Gasteiger partial charge in [-0.2, -0.15) is 0 Å². The number of fused-ring (bicyclic) bond motifs is 1. The van der Waals surface area contributed by atoms with Crippen LogP contribution in [0.2, 0.25) is 0 Å². The Balaban J connectivity index is 1.62. The number of carbonyl (C=O) groups is 3. The Labute approximate surface area is 162 Å². The first kappa shape index (κ1) is 18.6. The summed E-state index contributed by atoms with van der Waals surface area (Å²) in [7, 11) is 0. The number of carbonyl (C=O) groups excluding carboxylic acids is 2. The fourth-order valence-corrected chi connectivity index (χ4v) is 6.39. The molecule has 3 heterocycles. The molecule has 3 aliphatic heterocycles. The van der Waals surface area contributed by atoms with Gasteiger partial charge >= 0.3 is 5.97 Å². The van der Waals surface area contributed by atoms with Crippen molar-refractivity contribution in [2.24, 2.45) is 0 Å². The van der Waals surface area contributed by atoms with Gasteiger partial charge in [0.25, 0.3) is 0 Å². The molecule has 0 saturated carbocycles. The summed E-state index contributed by atoms with van der Waals surface area (Å²) in [6, 6.07) is -1.92. The molecule has 3 saturated heterocycles. The maximum atomic E-state index is 13.3. The summed E-state index contributed by atoms with van der Waals surface area (Å²) in [5.41, 5.74) is 0.354. The number of nitrogens with zero attached hydrogens (tertiary/aromatic N) is 2. The number of rotatable bonds is 3. The van der Waals surface area contributed by atoms with Crippen molar-refractivity contribution in [3.8, 4) is 0 Å². The van der Waals surface area contributed by atoms with Crippen LogP contribution >= 0.6 is 11.8 Å². The first-order chi connectivity index (χ1) is 12.6. The fraction of sp³-hybridized carbons (Fsp3) is 0.632. The first-order valence-corrected chi connectivity index (χ1v) is 10.1. The van der Waals surface area contributed by atoms with E-state index in [-0.39, 0.29) is 17.2 Å². The molecule has 3 fully saturated rings. The highest BCUT2D eigenvalue weighted by molar-refractivity contribution is 8.01. The van der Waals surface area contributed by atoms with Crippen molar-refractivity contribution in [2.45, 2.75) is 74.4 Å². The average molecular weight is 391 g/mol. The van der Waals surface area contributed by atoms with Crippen molar-refractivity contribution in [2.75, 3.05) is 0 Å². The van der Waals surface area contributed by atoms with Gasteiger partial charge < -0.3 is 14.9 Å². The fourth-order valence-electron chi connectivity index (χ4n) is 4.72. The molecule has 0 aromatic heterocycles. The number of nitrogens with one attached hydrogen (secondary N) is 1. The van der Waals surface area contributed by atoms with Gasteiger partial charge in [0.05, 0.1) is 5.66 Å². The second-order valence-electron chi connectivity index (χ2n) is 8.58. The molecule has 146 valence electrons. The van der Waals surface area contributed by atoms with Crippen LogP contribution in [0.15, 0.2) is 23.8 Å². The largest absolute Gasteiger partial charge is 0.480 e. The second-order valence-corrected chi connectivity index (χ2v) is 10.3. The van der Waals surface area contributed by atoms with E-state index in [0.717, 1.165) is 18.4 Å². The van der Waals surface area contributed by atoms with Crippen LogP contribution in [0.5, 0.6) is 0 Å². The van der Waals surface area contributed by atoms with E-state index in [1.165, 1.54) is 16.7 Å². The zero-order valence-corrected chi connectivity index (χ0v) is 16.7. The summed E-state index contributed by atoms with van der Waals surface area (Å²) < 4.78 is -0.600. The third kappa shape index (κ3) is 2.56. The van der Waals surface area contributed by atoms with Crippen LogP contribution in [0.4, 0.5) is 0 Å². The number of thioether (sulfide) groups is 1. The summed E-state index contributed by atoms with van der Waals surface area (Å²) >= 11 is 1.47. The van der Waals surface area contributed by atoms with Gasteiger partial charge in [-0.25, -0.2) is 4.79 Å². The predicted molar refractivity (Wildman–Crippen MR) is 102 cm³/mol. The van der Waals surface area contributed by atoms with Crippen molar-refractivity contribution in [1.29, 1.82) is 0 Å². The van der Waals surface area contributed by atoms with Crippen molar-refractivity contribution >= 4 is 29.5 Å². The highest BCUT2D eigenvalue weighted by Gasteiger charge is 2.68. The number of amides is 2. The molecule has 8 heteroatoms. The molecule has 4 atom stereocenters. The number of carboxylic acid groups (broad SMARTS) is 1. The molecule has 4 unspecified atom stereocenters. The molecule has 4 rings (SSSR count). The molecule has 0 bridgehead atoms. The van der Waals surface area contributed by atoms with Crippen LogP contribution in [0, 0.1) is 0 Å². The van der Waals surface area contributed by atoms with E-state index in [2.05, 4.69) is 23.5 Å². The molecule has 2 amide bonds. The van der Waals surface area contributed by atoms with Crippen molar-refractivity contribution in [3.63, 3.8) is 0 Å². The topological polar surface area (TPSA) is 90.0 Å². The molecule has 2 N–H and O–H groups in total. The average Bonchev–Trinajstić information content (AvgIpc) is 2.98. The van der Waals surface area contributed by atoms with Crippen molar-refractivity contribution < 1.29 is 19.5 Å². The molecule has 1 aliphatic carbocycles. The predicted octanol–water partition coefficient (Wildman–Crippen LogP) is 1.31. The lowest BCUT2D eigenvalue weighted by molar-refractivity contribution is -0.170. The molecule has 7 nitrogen and oxygen atoms in total. The van der Waals surface area contributed by atoms with E-state index < -0.39 is 34.5 Å². The van der Waals surface area contributed by atoms with E-state index >= 15 is 0 Å². The minimum Gasteiger partial charge on any atom is -0.480 e. The maximum absolute atomic E-state index is 13.3. The number of carboxylic acids is 1. The van der Waals surface area contributed by atoms with Crippen LogP contribution < -0.4 is 5.32 Å². The number of hydrogen-bond donors (Lipinski definition) is 2. The highest BCUT2D eigenvalue weighted by Crippen LogP contribution is 2.53. The molecular weight excluding hydrogens is 366 g/mol. The van der Waals surface area contributed by atoms with Crippen LogP contribution in [0.3, 0.4) is 0 Å². The quantitative estimate of drug-likeness (QED) is 0.557. The van der Waals surface area contributed by atoms with Gasteiger partial charge in [-0.05, 0) is 46.1 Å². The van der Waals surface area contributed by atoms with E-state index in [1.54, 1.807) is 4.90 Å². The summed E-state index contributed by atoms with van der Waals surface area (Å²) in [4.78, 5) is 41.0. The van der Waals surface area contributed by atoms with Gasteiger partial charge in [0, 0.05) is 4.75 Å². The molecule has 0 spiro atoms. The van der Waals surface area contributed by atoms with Gasteiger partial charge in [-0.3, -0.25) is 14.9 Å². The van der Waals surface area contributed by atoms with Gasteiger partial charge in [0.1, 0.15) is 23.5 Å². The Bertz CT molecular complexity index is 788. The molecule has 0 radical (unpaired) electrons. The lowest BCUT2D eigenvalue weighted by Crippen LogP contribution is -2.73. The summed E-state index contributed by atoms with van der Waals surface area (Å²) in [6.45, 7) is 7.49. The minimum absolute atomic E-state index is 0.100. The minimum atomic E-state index is -0.996. The highest BCUT2D eigenvalue weighted by atomic mass is 32.2. The third-order valence-corrected chi connectivity index (χ3v) is 7.47. The Kier molecular flexibility index (Phi) is 4.02. The zero-order chi connectivity index (χ0) is 19.7. The number of hydrogen-bond acceptors (Lipinski definition) is 5. The van der Waals surface area contributed by atoms with Crippen LogP contribution in [0.25, 0.3) is 0 Å². The molecule has 4 aliphatic rings. The van der Waals surface area contributed by atoms with Gasteiger partial charge in [0.15, 0.2) is 0 Å². The summed E-state index contributed by atoms with van der Waals surface area (Å²) in [5, 5.41) is 12.7. The second kappa shape index (κ2) is 5.85. The lowest BCUT2D eigenvalue weighted by atomic mass is 9.94. The molecule has 0 aromatic rings. The third-order valence-electron chi connectivity index (χ3n) is 5.92. The van der Waals surface area contributed by atoms with Gasteiger partial charge in [0.2, 0.25) is 11.8 Å². The molecule has 0 aromatic carbocycles. The molecular formula is C19H25N3O4S. The van der Waals surface area contributed by atoms with Crippen LogP contribution in [0.1, 0.15) is 40.5 Å². The normalized spacial score (nSPS) is 36.5. The molecule has 27 heavy (non-hydrogen) atoms. The number of allylic oxidation sites excluding steroid dienone is 3. The van der Waals surface area contributed by atoms with E-state index in [0.29, 0.717) is 0 Å². The first-order valence-electron chi connectivity index (χ1n) is 9.24. The number of β-lactam (4-membered cyclic amide) rings is 1. The Morgan fingerprint density at radius 2 is 1.93 bits per heavy atom. The smallest absolute Gasteiger partial charge is 0.327 e. The van der Waals surface area contributed by atoms with E-state index in [4.69, 9.17) is 0 Å². The van der Waals surface area contributed by atoms with E-state index in [1.807, 2.05) is 27.7 Å². The van der Waals surface area contributed by atoms with Gasteiger partial charge in [-0.15, -0.1) is 11.8 Å². The standard InChI is InChI=1S/C19H25N3O4S/c1-18(2)13(17(25)26)21-15(24)12(16(21)27-18)22-14(23)11(20-19(22,3)4)10-8-6-5-7-9-10/h5-6,9,11-13,16,20H,7-8H2,1-4H3,(H,25,26). The Hall–Kier alpha value is -1.80. The Morgan fingerprint density at radius 1 is 1.22 bits per heavy atom. The summed E-state index contributed by atoms with van der Waals surface area (Å²) in [6.07, 6.45) is 7.73. The van der Waals surface area contributed by atoms with Crippen molar-refractivity contribution in [1.82, 2.24) is 15.1 Å². The van der Waals surface area contributed by atoms with Gasteiger partial charge in [-0.1, -0.05) is 18.2 Å². The number of aliphatic carboxylic acids is 1. The van der Waals surface area contributed by atoms with Crippen LogP contribution in [-0.4, -0.2) is 66.6 Å². The van der Waals surface area contributed by atoms with E-state index in [9.17, 15) is 19.5 Å². The maximum Gasteiger partial charge on any atom is 0.327 e. The van der Waals surface area contributed by atoms with Crippen LogP contribution in [-0.2, 0) is 14.4 Å². The monoisotopic (exact) mass is 391 g/mol. The lowest BCUT2D eigenvalue weighted by Gasteiger charge is -2.50. The summed E-state index contributed by atoms with van der Waals surface area (Å²) in [5.74, 6) is -1.37. The Morgan fingerprint density at radius 3 is 2.52 bits per heavy atom.